The summed E-state index contributed by atoms with van der Waals surface area (Å²) in [5, 5.41) is 7.22. The summed E-state index contributed by atoms with van der Waals surface area (Å²) in [5.41, 5.74) is 0.955. The van der Waals surface area contributed by atoms with Crippen LogP contribution in [0.4, 0.5) is 13.2 Å². The van der Waals surface area contributed by atoms with Crippen LogP contribution in [0.25, 0.3) is 11.1 Å². The second kappa shape index (κ2) is 8.62. The van der Waals surface area contributed by atoms with Crippen molar-refractivity contribution in [1.29, 1.82) is 0 Å². The fourth-order valence-electron chi connectivity index (χ4n) is 7.21. The lowest BCUT2D eigenvalue weighted by molar-refractivity contribution is 0.159. The van der Waals surface area contributed by atoms with Gasteiger partial charge in [0.1, 0.15) is 17.5 Å². The molecule has 0 unspecified atom stereocenters. The third kappa shape index (κ3) is 5.77. The summed E-state index contributed by atoms with van der Waals surface area (Å²) >= 11 is 0. The molecule has 192 valence electrons. The molecule has 2 saturated heterocycles. The molecule has 0 radical (unpaired) electrons. The minimum absolute atomic E-state index is 0.0610. The van der Waals surface area contributed by atoms with Crippen LogP contribution in [0.2, 0.25) is 0 Å². The van der Waals surface area contributed by atoms with E-state index in [-0.39, 0.29) is 45.4 Å². The van der Waals surface area contributed by atoms with Crippen LogP contribution >= 0.6 is 0 Å². The Hall–Kier alpha value is -1.85. The van der Waals surface area contributed by atoms with E-state index in [1.54, 1.807) is 12.1 Å². The van der Waals surface area contributed by atoms with Crippen LogP contribution in [-0.4, -0.2) is 22.2 Å². The van der Waals surface area contributed by atoms with Gasteiger partial charge in [-0.3, -0.25) is 0 Å². The molecule has 0 atom stereocenters. The van der Waals surface area contributed by atoms with Gasteiger partial charge in [-0.15, -0.1) is 0 Å². The van der Waals surface area contributed by atoms with Gasteiger partial charge in [0.2, 0.25) is 0 Å². The lowest BCUT2D eigenvalue weighted by atomic mass is 9.72. The molecule has 0 amide bonds. The van der Waals surface area contributed by atoms with Gasteiger partial charge < -0.3 is 10.6 Å². The first kappa shape index (κ1) is 26.2. The summed E-state index contributed by atoms with van der Waals surface area (Å²) < 4.78 is 46.0. The van der Waals surface area contributed by atoms with Crippen molar-refractivity contribution in [2.45, 2.75) is 115 Å². The van der Waals surface area contributed by atoms with Crippen LogP contribution in [0.5, 0.6) is 0 Å². The zero-order valence-electron chi connectivity index (χ0n) is 22.5. The molecule has 2 fully saturated rings. The molecular weight excluding hydrogens is 445 g/mol. The molecule has 5 heteroatoms. The number of rotatable bonds is 3. The first-order valence-corrected chi connectivity index (χ1v) is 12.8. The summed E-state index contributed by atoms with van der Waals surface area (Å²) in [4.78, 5) is 0. The minimum Gasteiger partial charge on any atom is -0.307 e. The Morgan fingerprint density at radius 3 is 1.46 bits per heavy atom. The summed E-state index contributed by atoms with van der Waals surface area (Å²) in [5.74, 6) is -1.31. The van der Waals surface area contributed by atoms with E-state index in [0.29, 0.717) is 16.7 Å². The molecule has 4 rings (SSSR count). The van der Waals surface area contributed by atoms with Crippen molar-refractivity contribution >= 4 is 0 Å². The van der Waals surface area contributed by atoms with E-state index in [4.69, 9.17) is 0 Å². The average Bonchev–Trinajstić information content (AvgIpc) is 2.64. The molecule has 2 heterocycles. The van der Waals surface area contributed by atoms with Gasteiger partial charge >= 0.3 is 0 Å². The van der Waals surface area contributed by atoms with Crippen molar-refractivity contribution < 1.29 is 13.2 Å². The fourth-order valence-corrected chi connectivity index (χ4v) is 7.21. The van der Waals surface area contributed by atoms with E-state index in [0.717, 1.165) is 25.7 Å². The molecule has 35 heavy (non-hydrogen) atoms. The van der Waals surface area contributed by atoms with Crippen LogP contribution in [0, 0.1) is 17.5 Å². The van der Waals surface area contributed by atoms with Gasteiger partial charge in [-0.05, 0) is 128 Å². The van der Waals surface area contributed by atoms with E-state index in [2.05, 4.69) is 66.0 Å². The maximum absolute atomic E-state index is 15.4. The van der Waals surface area contributed by atoms with Gasteiger partial charge in [0, 0.05) is 27.7 Å². The SMILES string of the molecule is CC1(C)CC(c2ccc(-c3cc(F)c(C4CC(C)(C)NC(C)(C)C4)cc3F)cc2F)CC(C)(C)N1. The standard InChI is InChI=1S/C30H41F3N2/c1-27(2)14-19(15-28(3,4)34-27)21-10-9-18(11-24(21)31)22-12-26(33)23(13-25(22)32)20-16-29(5,6)35-30(7,8)17-20/h9-13,19-20,34-35H,14-17H2,1-8H3. The highest BCUT2D eigenvalue weighted by Gasteiger charge is 2.40. The molecule has 0 bridgehead atoms. The largest absolute Gasteiger partial charge is 0.307 e. The van der Waals surface area contributed by atoms with E-state index in [1.165, 1.54) is 18.2 Å². The molecule has 0 saturated carbocycles. The van der Waals surface area contributed by atoms with E-state index in [9.17, 15) is 0 Å². The summed E-state index contributed by atoms with van der Waals surface area (Å²) in [6.45, 7) is 16.9. The fraction of sp³-hybridized carbons (Fsp3) is 0.600. The van der Waals surface area contributed by atoms with Crippen molar-refractivity contribution in [3.8, 4) is 11.1 Å². The number of hydrogen-bond donors (Lipinski definition) is 2. The predicted molar refractivity (Wildman–Crippen MR) is 138 cm³/mol. The van der Waals surface area contributed by atoms with Crippen molar-refractivity contribution in [3.63, 3.8) is 0 Å². The molecule has 2 aromatic rings. The Morgan fingerprint density at radius 1 is 0.571 bits per heavy atom. The molecule has 0 aliphatic carbocycles. The molecular formula is C30H41F3N2. The van der Waals surface area contributed by atoms with Crippen LogP contribution in [0.3, 0.4) is 0 Å². The Kier molecular flexibility index (Phi) is 6.46. The number of nitrogens with one attached hydrogen (secondary N) is 2. The first-order chi connectivity index (χ1) is 16.0. The van der Waals surface area contributed by atoms with Crippen LogP contribution in [0.1, 0.15) is 104 Å². The summed E-state index contributed by atoms with van der Waals surface area (Å²) in [6.07, 6.45) is 3.07. The highest BCUT2D eigenvalue weighted by molar-refractivity contribution is 5.65. The highest BCUT2D eigenvalue weighted by atomic mass is 19.1. The van der Waals surface area contributed by atoms with Gasteiger partial charge in [-0.25, -0.2) is 13.2 Å². The van der Waals surface area contributed by atoms with Crippen molar-refractivity contribution in [3.05, 3.63) is 58.9 Å². The third-order valence-electron chi connectivity index (χ3n) is 7.66. The second-order valence-corrected chi connectivity index (χ2v) is 13.6. The van der Waals surface area contributed by atoms with Gasteiger partial charge in [0.15, 0.2) is 0 Å². The number of hydrogen-bond acceptors (Lipinski definition) is 2. The summed E-state index contributed by atoms with van der Waals surface area (Å²) in [6, 6.07) is 7.44. The zero-order chi connectivity index (χ0) is 26.0. The topological polar surface area (TPSA) is 24.1 Å². The molecule has 2 aliphatic rings. The van der Waals surface area contributed by atoms with E-state index in [1.807, 2.05) is 0 Å². The Bertz CT molecular complexity index is 1080. The lowest BCUT2D eigenvalue weighted by Crippen LogP contribution is -2.57. The maximum Gasteiger partial charge on any atom is 0.131 e. The molecule has 2 aliphatic heterocycles. The number of halogens is 3. The van der Waals surface area contributed by atoms with Crippen molar-refractivity contribution in [2.75, 3.05) is 0 Å². The van der Waals surface area contributed by atoms with Gasteiger partial charge in [-0.2, -0.15) is 0 Å². The monoisotopic (exact) mass is 486 g/mol. The normalized spacial score (nSPS) is 23.9. The molecule has 0 aromatic heterocycles. The van der Waals surface area contributed by atoms with E-state index < -0.39 is 11.6 Å². The quantitative estimate of drug-likeness (QED) is 0.462. The Morgan fingerprint density at radius 2 is 1.00 bits per heavy atom. The molecule has 0 spiro atoms. The molecule has 2 nitrogen and oxygen atoms in total. The summed E-state index contributed by atoms with van der Waals surface area (Å²) in [7, 11) is 0. The second-order valence-electron chi connectivity index (χ2n) is 13.6. The zero-order valence-corrected chi connectivity index (χ0v) is 22.5. The highest BCUT2D eigenvalue weighted by Crippen LogP contribution is 2.43. The average molecular weight is 487 g/mol. The van der Waals surface area contributed by atoms with Gasteiger partial charge in [0.05, 0.1) is 0 Å². The van der Waals surface area contributed by atoms with Crippen molar-refractivity contribution in [1.82, 2.24) is 10.6 Å². The third-order valence-corrected chi connectivity index (χ3v) is 7.66. The lowest BCUT2D eigenvalue weighted by Gasteiger charge is -2.47. The minimum atomic E-state index is -0.508. The smallest absolute Gasteiger partial charge is 0.131 e. The number of piperidine rings is 2. The molecule has 2 N–H and O–H groups in total. The predicted octanol–water partition coefficient (Wildman–Crippen LogP) is 7.82. The first-order valence-electron chi connectivity index (χ1n) is 12.8. The van der Waals surface area contributed by atoms with Crippen LogP contribution in [-0.2, 0) is 0 Å². The van der Waals surface area contributed by atoms with Gasteiger partial charge in [0.25, 0.3) is 0 Å². The Labute approximate surface area is 209 Å². The maximum atomic E-state index is 15.4. The molecule has 2 aromatic carbocycles. The van der Waals surface area contributed by atoms with E-state index >= 15 is 13.2 Å². The number of benzene rings is 2. The van der Waals surface area contributed by atoms with Gasteiger partial charge in [-0.1, -0.05) is 12.1 Å². The Balaban J connectivity index is 1.64. The van der Waals surface area contributed by atoms with Crippen molar-refractivity contribution in [2.24, 2.45) is 0 Å². The van der Waals surface area contributed by atoms with Crippen LogP contribution in [0.15, 0.2) is 30.3 Å². The van der Waals surface area contributed by atoms with Crippen LogP contribution < -0.4 is 10.6 Å².